The standard InChI is InChI=1S/C18H17N3O4/c1-23-12-5-2-4-11(8-12)20-21-17-13-9-15-16(25-7-3-6-24-15)10-14(13)19-18(17)22/h2,4-5,8-10,19,22H,3,6-7H2,1H3. The van der Waals surface area contributed by atoms with Crippen LogP contribution in [0, 0.1) is 0 Å². The molecule has 0 aliphatic carbocycles. The lowest BCUT2D eigenvalue weighted by molar-refractivity contribution is 0.297. The van der Waals surface area contributed by atoms with E-state index in [9.17, 15) is 5.11 Å². The number of nitrogens with one attached hydrogen (secondary N) is 1. The molecule has 0 radical (unpaired) electrons. The van der Waals surface area contributed by atoms with E-state index in [0.717, 1.165) is 6.42 Å². The van der Waals surface area contributed by atoms with Crippen LogP contribution in [0.3, 0.4) is 0 Å². The first-order valence-electron chi connectivity index (χ1n) is 7.94. The number of nitrogens with zero attached hydrogens (tertiary/aromatic N) is 2. The normalized spacial score (nSPS) is 14.0. The van der Waals surface area contributed by atoms with Gasteiger partial charge in [0, 0.05) is 23.9 Å². The number of methoxy groups -OCH3 is 1. The summed E-state index contributed by atoms with van der Waals surface area (Å²) in [5.74, 6) is 1.93. The van der Waals surface area contributed by atoms with E-state index in [1.807, 2.05) is 18.2 Å². The van der Waals surface area contributed by atoms with Crippen molar-refractivity contribution in [2.75, 3.05) is 20.3 Å². The molecule has 1 aliphatic rings. The molecule has 2 N–H and O–H groups in total. The van der Waals surface area contributed by atoms with Crippen molar-refractivity contribution in [1.29, 1.82) is 0 Å². The zero-order chi connectivity index (χ0) is 17.2. The molecule has 7 nitrogen and oxygen atoms in total. The van der Waals surface area contributed by atoms with Gasteiger partial charge in [0.25, 0.3) is 0 Å². The van der Waals surface area contributed by atoms with Gasteiger partial charge in [-0.2, -0.15) is 5.11 Å². The predicted octanol–water partition coefficient (Wildman–Crippen LogP) is 4.46. The Hall–Kier alpha value is -3.22. The van der Waals surface area contributed by atoms with Gasteiger partial charge in [0.1, 0.15) is 5.75 Å². The lowest BCUT2D eigenvalue weighted by Crippen LogP contribution is -1.97. The molecule has 1 aliphatic heterocycles. The molecule has 2 heterocycles. The molecule has 0 saturated heterocycles. The number of azo groups is 1. The van der Waals surface area contributed by atoms with Gasteiger partial charge in [0.2, 0.25) is 5.88 Å². The first-order chi connectivity index (χ1) is 12.2. The van der Waals surface area contributed by atoms with Gasteiger partial charge in [-0.3, -0.25) is 0 Å². The fourth-order valence-corrected chi connectivity index (χ4v) is 2.70. The van der Waals surface area contributed by atoms with Crippen molar-refractivity contribution in [3.05, 3.63) is 36.4 Å². The van der Waals surface area contributed by atoms with Gasteiger partial charge >= 0.3 is 0 Å². The highest BCUT2D eigenvalue weighted by Crippen LogP contribution is 2.42. The molecule has 0 amide bonds. The molecule has 0 saturated carbocycles. The third kappa shape index (κ3) is 2.96. The molecular formula is C18H17N3O4. The van der Waals surface area contributed by atoms with E-state index in [2.05, 4.69) is 15.2 Å². The monoisotopic (exact) mass is 339 g/mol. The molecule has 25 heavy (non-hydrogen) atoms. The second kappa shape index (κ2) is 6.35. The molecule has 7 heteroatoms. The number of fused-ring (bicyclic) bond motifs is 2. The second-order valence-corrected chi connectivity index (χ2v) is 5.62. The number of aromatic hydroxyl groups is 1. The van der Waals surface area contributed by atoms with E-state index < -0.39 is 0 Å². The average molecular weight is 339 g/mol. The smallest absolute Gasteiger partial charge is 0.218 e. The number of ether oxygens (including phenoxy) is 3. The van der Waals surface area contributed by atoms with E-state index in [0.29, 0.717) is 52.7 Å². The maximum Gasteiger partial charge on any atom is 0.218 e. The van der Waals surface area contributed by atoms with Crippen molar-refractivity contribution in [1.82, 2.24) is 4.98 Å². The van der Waals surface area contributed by atoms with E-state index in [4.69, 9.17) is 14.2 Å². The summed E-state index contributed by atoms with van der Waals surface area (Å²) in [5, 5.41) is 19.3. The summed E-state index contributed by atoms with van der Waals surface area (Å²) >= 11 is 0. The van der Waals surface area contributed by atoms with Crippen LogP contribution in [0.25, 0.3) is 10.9 Å². The van der Waals surface area contributed by atoms with Crippen molar-refractivity contribution >= 4 is 22.3 Å². The molecule has 0 unspecified atom stereocenters. The van der Waals surface area contributed by atoms with E-state index in [1.165, 1.54) is 0 Å². The van der Waals surface area contributed by atoms with Crippen LogP contribution in [0.2, 0.25) is 0 Å². The van der Waals surface area contributed by atoms with Crippen molar-refractivity contribution in [2.45, 2.75) is 6.42 Å². The minimum absolute atomic E-state index is 0.0539. The number of hydrogen-bond donors (Lipinski definition) is 2. The number of benzene rings is 2. The zero-order valence-electron chi connectivity index (χ0n) is 13.7. The quantitative estimate of drug-likeness (QED) is 0.690. The van der Waals surface area contributed by atoms with Crippen LogP contribution in [-0.2, 0) is 0 Å². The maximum absolute atomic E-state index is 10.2. The molecule has 2 aromatic carbocycles. The molecule has 4 rings (SSSR count). The Morgan fingerprint density at radius 3 is 2.68 bits per heavy atom. The van der Waals surface area contributed by atoms with Crippen LogP contribution >= 0.6 is 0 Å². The number of hydrogen-bond acceptors (Lipinski definition) is 6. The van der Waals surface area contributed by atoms with Crippen LogP contribution in [0.1, 0.15) is 6.42 Å². The van der Waals surface area contributed by atoms with Gasteiger partial charge in [-0.1, -0.05) is 6.07 Å². The van der Waals surface area contributed by atoms with E-state index in [1.54, 1.807) is 25.3 Å². The molecule has 0 spiro atoms. The van der Waals surface area contributed by atoms with Gasteiger partial charge in [-0.05, 0) is 18.2 Å². The van der Waals surface area contributed by atoms with E-state index in [-0.39, 0.29) is 5.88 Å². The first-order valence-corrected chi connectivity index (χ1v) is 7.94. The Morgan fingerprint density at radius 2 is 1.88 bits per heavy atom. The first kappa shape index (κ1) is 15.3. The Morgan fingerprint density at radius 1 is 1.08 bits per heavy atom. The minimum Gasteiger partial charge on any atom is -0.497 e. The second-order valence-electron chi connectivity index (χ2n) is 5.62. The highest BCUT2D eigenvalue weighted by molar-refractivity contribution is 5.96. The number of aromatic nitrogens is 1. The summed E-state index contributed by atoms with van der Waals surface area (Å²) in [4.78, 5) is 2.90. The Bertz CT molecular complexity index is 949. The summed E-state index contributed by atoms with van der Waals surface area (Å²) < 4.78 is 16.5. The highest BCUT2D eigenvalue weighted by atomic mass is 16.5. The molecule has 0 fully saturated rings. The van der Waals surface area contributed by atoms with Crippen molar-refractivity contribution < 1.29 is 19.3 Å². The Kier molecular flexibility index (Phi) is 3.89. The number of rotatable bonds is 3. The predicted molar refractivity (Wildman–Crippen MR) is 92.7 cm³/mol. The SMILES string of the molecule is COc1cccc(N=Nc2c(O)[nH]c3cc4c(cc23)OCCCO4)c1. The summed E-state index contributed by atoms with van der Waals surface area (Å²) in [7, 11) is 1.59. The molecule has 1 aromatic heterocycles. The van der Waals surface area contributed by atoms with Crippen LogP contribution in [0.5, 0.6) is 23.1 Å². The van der Waals surface area contributed by atoms with Crippen LogP contribution < -0.4 is 14.2 Å². The molecule has 128 valence electrons. The van der Waals surface area contributed by atoms with Gasteiger partial charge in [0.05, 0.1) is 31.5 Å². The summed E-state index contributed by atoms with van der Waals surface area (Å²) in [6, 6.07) is 10.8. The lowest BCUT2D eigenvalue weighted by atomic mass is 10.2. The van der Waals surface area contributed by atoms with Gasteiger partial charge in [0.15, 0.2) is 17.2 Å². The van der Waals surface area contributed by atoms with Crippen molar-refractivity contribution in [3.8, 4) is 23.1 Å². The molecule has 3 aromatic rings. The number of H-pyrrole nitrogens is 1. The van der Waals surface area contributed by atoms with Crippen LogP contribution in [-0.4, -0.2) is 30.4 Å². The third-order valence-electron chi connectivity index (χ3n) is 3.94. The Labute approximate surface area is 143 Å². The van der Waals surface area contributed by atoms with Crippen molar-refractivity contribution in [3.63, 3.8) is 0 Å². The topological polar surface area (TPSA) is 88.4 Å². The van der Waals surface area contributed by atoms with Crippen molar-refractivity contribution in [2.24, 2.45) is 10.2 Å². The van der Waals surface area contributed by atoms with Crippen LogP contribution in [0.4, 0.5) is 11.4 Å². The van der Waals surface area contributed by atoms with Gasteiger partial charge in [-0.25, -0.2) is 0 Å². The minimum atomic E-state index is -0.0539. The Balaban J connectivity index is 1.74. The summed E-state index contributed by atoms with van der Waals surface area (Å²) in [5.41, 5.74) is 1.69. The third-order valence-corrected chi connectivity index (χ3v) is 3.94. The number of aromatic amines is 1. The van der Waals surface area contributed by atoms with E-state index >= 15 is 0 Å². The molecular weight excluding hydrogens is 322 g/mol. The summed E-state index contributed by atoms with van der Waals surface area (Å²) in [6.07, 6.45) is 0.830. The highest BCUT2D eigenvalue weighted by Gasteiger charge is 2.17. The van der Waals surface area contributed by atoms with Gasteiger partial charge < -0.3 is 24.3 Å². The fraction of sp³-hybridized carbons (Fsp3) is 0.222. The largest absolute Gasteiger partial charge is 0.497 e. The fourth-order valence-electron chi connectivity index (χ4n) is 2.70. The van der Waals surface area contributed by atoms with Gasteiger partial charge in [-0.15, -0.1) is 5.11 Å². The lowest BCUT2D eigenvalue weighted by Gasteiger charge is -2.06. The zero-order valence-corrected chi connectivity index (χ0v) is 13.7. The molecule has 0 bridgehead atoms. The average Bonchev–Trinajstić information content (AvgIpc) is 2.79. The molecule has 0 atom stereocenters. The van der Waals surface area contributed by atoms with Crippen LogP contribution in [0.15, 0.2) is 46.6 Å². The summed E-state index contributed by atoms with van der Waals surface area (Å²) in [6.45, 7) is 1.20. The maximum atomic E-state index is 10.2.